The maximum atomic E-state index is 11.8. The quantitative estimate of drug-likeness (QED) is 0.507. The lowest BCUT2D eigenvalue weighted by atomic mass is 9.68. The molecule has 5 nitrogen and oxygen atoms in total. The molecule has 6 rings (SSSR count). The summed E-state index contributed by atoms with van der Waals surface area (Å²) >= 11 is 6.42. The van der Waals surface area contributed by atoms with Gasteiger partial charge in [-0.25, -0.2) is 4.79 Å². The molecule has 35 heavy (non-hydrogen) atoms. The van der Waals surface area contributed by atoms with Gasteiger partial charge in [0.25, 0.3) is 0 Å². The molecule has 6 heteroatoms. The third-order valence-corrected chi connectivity index (χ3v) is 9.20. The van der Waals surface area contributed by atoms with Gasteiger partial charge in [0.05, 0.1) is 24.0 Å². The number of hydrogen-bond donors (Lipinski definition) is 1. The van der Waals surface area contributed by atoms with E-state index in [1.165, 1.54) is 17.5 Å². The van der Waals surface area contributed by atoms with Gasteiger partial charge in [-0.05, 0) is 90.8 Å². The standard InChI is InChI=1S/C29H32ClNO4/c1-3-26(34-2)21-7-4-18(21)14-31-15-29(16-35-27-9-5-17(28(32)33)11-25(27)31)13-19-10-22(19)23-12-20(30)6-8-24(23)29/h3,5-6,8-9,11-12,18-19,21-22,26H,1,4,7,10,13-16H2,2H3,(H,32,33)/t18-,19-,21+,22-,26-,29-/m0/s1. The highest BCUT2D eigenvalue weighted by atomic mass is 35.5. The van der Waals surface area contributed by atoms with E-state index in [-0.39, 0.29) is 17.1 Å². The van der Waals surface area contributed by atoms with Crippen molar-refractivity contribution in [3.63, 3.8) is 0 Å². The third kappa shape index (κ3) is 3.84. The minimum Gasteiger partial charge on any atom is -0.490 e. The van der Waals surface area contributed by atoms with Crippen molar-refractivity contribution < 1.29 is 19.4 Å². The van der Waals surface area contributed by atoms with E-state index < -0.39 is 5.97 Å². The van der Waals surface area contributed by atoms with Crippen LogP contribution in [0.2, 0.25) is 5.02 Å². The van der Waals surface area contributed by atoms with Gasteiger partial charge >= 0.3 is 5.97 Å². The van der Waals surface area contributed by atoms with Gasteiger partial charge in [-0.2, -0.15) is 0 Å². The Hall–Kier alpha value is -2.50. The first-order valence-electron chi connectivity index (χ1n) is 12.6. The highest BCUT2D eigenvalue weighted by Gasteiger charge is 2.54. The molecule has 1 spiro atoms. The molecular formula is C29H32ClNO4. The number of halogens is 1. The van der Waals surface area contributed by atoms with Crippen LogP contribution in [0, 0.1) is 17.8 Å². The van der Waals surface area contributed by atoms with Crippen LogP contribution in [0.1, 0.15) is 53.1 Å². The molecule has 2 saturated carbocycles. The summed E-state index contributed by atoms with van der Waals surface area (Å²) in [6.45, 7) is 6.21. The Balaban J connectivity index is 1.40. The first-order chi connectivity index (χ1) is 16.9. The second-order valence-corrected chi connectivity index (χ2v) is 11.3. The maximum Gasteiger partial charge on any atom is 0.335 e. The van der Waals surface area contributed by atoms with Gasteiger partial charge in [-0.15, -0.1) is 6.58 Å². The Morgan fingerprint density at radius 1 is 1.34 bits per heavy atom. The molecule has 2 aromatic carbocycles. The molecule has 1 aliphatic heterocycles. The maximum absolute atomic E-state index is 11.8. The highest BCUT2D eigenvalue weighted by molar-refractivity contribution is 6.30. The van der Waals surface area contributed by atoms with Crippen LogP contribution in [0.5, 0.6) is 5.75 Å². The summed E-state index contributed by atoms with van der Waals surface area (Å²) in [5.74, 6) is 2.00. The second-order valence-electron chi connectivity index (χ2n) is 10.9. The minimum atomic E-state index is -0.919. The zero-order chi connectivity index (χ0) is 24.3. The number of hydrogen-bond acceptors (Lipinski definition) is 4. The molecule has 0 radical (unpaired) electrons. The van der Waals surface area contributed by atoms with Crippen molar-refractivity contribution in [2.45, 2.75) is 43.1 Å². The van der Waals surface area contributed by atoms with Crippen LogP contribution in [-0.2, 0) is 10.2 Å². The van der Waals surface area contributed by atoms with Crippen LogP contribution in [0.3, 0.4) is 0 Å². The first-order valence-corrected chi connectivity index (χ1v) is 13.0. The fraction of sp³-hybridized carbons (Fsp3) is 0.483. The van der Waals surface area contributed by atoms with Gasteiger partial charge in [0.1, 0.15) is 5.75 Å². The summed E-state index contributed by atoms with van der Waals surface area (Å²) in [6, 6.07) is 11.6. The summed E-state index contributed by atoms with van der Waals surface area (Å²) in [7, 11) is 1.75. The Kier molecular flexibility index (Phi) is 5.61. The van der Waals surface area contributed by atoms with Gasteiger partial charge < -0.3 is 19.5 Å². The molecule has 6 atom stereocenters. The van der Waals surface area contributed by atoms with E-state index in [4.69, 9.17) is 21.1 Å². The molecule has 2 fully saturated rings. The Morgan fingerprint density at radius 3 is 2.91 bits per heavy atom. The Bertz CT molecular complexity index is 1180. The summed E-state index contributed by atoms with van der Waals surface area (Å²) in [5, 5.41) is 10.5. The molecule has 0 bridgehead atoms. The number of aromatic carboxylic acids is 1. The topological polar surface area (TPSA) is 59.0 Å². The van der Waals surface area contributed by atoms with E-state index in [0.717, 1.165) is 48.8 Å². The summed E-state index contributed by atoms with van der Waals surface area (Å²) in [5.41, 5.74) is 3.74. The van der Waals surface area contributed by atoms with Crippen LogP contribution >= 0.6 is 11.6 Å². The molecule has 3 aliphatic carbocycles. The average molecular weight is 494 g/mol. The molecule has 0 aromatic heterocycles. The molecule has 0 saturated heterocycles. The van der Waals surface area contributed by atoms with Crippen molar-refractivity contribution >= 4 is 23.3 Å². The summed E-state index contributed by atoms with van der Waals surface area (Å²) < 4.78 is 12.2. The Morgan fingerprint density at radius 2 is 2.20 bits per heavy atom. The van der Waals surface area contributed by atoms with Gasteiger partial charge in [0, 0.05) is 30.6 Å². The smallest absolute Gasteiger partial charge is 0.335 e. The average Bonchev–Trinajstić information content (AvgIpc) is 3.63. The molecule has 1 heterocycles. The van der Waals surface area contributed by atoms with E-state index in [1.807, 2.05) is 18.2 Å². The number of carboxylic acids is 1. The van der Waals surface area contributed by atoms with Crippen LogP contribution in [0.15, 0.2) is 49.1 Å². The number of carboxylic acid groups (broad SMARTS) is 1. The lowest BCUT2D eigenvalue weighted by Gasteiger charge is -2.45. The van der Waals surface area contributed by atoms with Crippen molar-refractivity contribution in [2.24, 2.45) is 17.8 Å². The van der Waals surface area contributed by atoms with Crippen LogP contribution < -0.4 is 9.64 Å². The molecule has 184 valence electrons. The van der Waals surface area contributed by atoms with Gasteiger partial charge in [-0.3, -0.25) is 0 Å². The largest absolute Gasteiger partial charge is 0.490 e. The number of rotatable bonds is 6. The number of nitrogens with zero attached hydrogens (tertiary/aromatic N) is 1. The van der Waals surface area contributed by atoms with E-state index >= 15 is 0 Å². The van der Waals surface area contributed by atoms with Crippen LogP contribution in [0.25, 0.3) is 0 Å². The SMILES string of the molecule is C=C[C@H](OC)[C@@H]1CC[C@H]1CN1C[C@]2(COc3ccc(C(=O)O)cc31)C[C@@H]1C[C@@H]1c1cc(Cl)ccc12. The zero-order valence-corrected chi connectivity index (χ0v) is 20.8. The van der Waals surface area contributed by atoms with Crippen molar-refractivity contribution in [3.05, 3.63) is 70.8 Å². The normalized spacial score (nSPS) is 31.2. The number of carbonyl (C=O) groups is 1. The van der Waals surface area contributed by atoms with E-state index in [0.29, 0.717) is 30.3 Å². The molecule has 0 unspecified atom stereocenters. The number of benzene rings is 2. The van der Waals surface area contributed by atoms with Crippen molar-refractivity contribution in [1.82, 2.24) is 0 Å². The van der Waals surface area contributed by atoms with Gasteiger partial charge in [-0.1, -0.05) is 23.7 Å². The van der Waals surface area contributed by atoms with Crippen LogP contribution in [-0.4, -0.2) is 44.0 Å². The predicted octanol–water partition coefficient (Wildman–Crippen LogP) is 5.91. The molecule has 0 amide bonds. The minimum absolute atomic E-state index is 0.0422. The van der Waals surface area contributed by atoms with Crippen molar-refractivity contribution in [2.75, 3.05) is 31.7 Å². The highest BCUT2D eigenvalue weighted by Crippen LogP contribution is 2.61. The first kappa shape index (κ1) is 22.9. The second kappa shape index (κ2) is 8.56. The van der Waals surface area contributed by atoms with Gasteiger partial charge in [0.15, 0.2) is 0 Å². The molecule has 4 aliphatic rings. The lowest BCUT2D eigenvalue weighted by Crippen LogP contribution is -2.49. The summed E-state index contributed by atoms with van der Waals surface area (Å²) in [6.07, 6.45) is 6.51. The number of methoxy groups -OCH3 is 1. The van der Waals surface area contributed by atoms with E-state index in [2.05, 4.69) is 23.6 Å². The lowest BCUT2D eigenvalue weighted by molar-refractivity contribution is 0.0135. The van der Waals surface area contributed by atoms with E-state index in [1.54, 1.807) is 19.2 Å². The monoisotopic (exact) mass is 493 g/mol. The Labute approximate surface area is 211 Å². The zero-order valence-electron chi connectivity index (χ0n) is 20.1. The number of fused-ring (bicyclic) bond motifs is 5. The van der Waals surface area contributed by atoms with Gasteiger partial charge in [0.2, 0.25) is 0 Å². The molecular weight excluding hydrogens is 462 g/mol. The fourth-order valence-electron chi connectivity index (χ4n) is 6.95. The third-order valence-electron chi connectivity index (χ3n) is 8.96. The fourth-order valence-corrected chi connectivity index (χ4v) is 7.13. The number of ether oxygens (including phenoxy) is 2. The van der Waals surface area contributed by atoms with Crippen LogP contribution in [0.4, 0.5) is 5.69 Å². The summed E-state index contributed by atoms with van der Waals surface area (Å²) in [4.78, 5) is 14.2. The van der Waals surface area contributed by atoms with Crippen molar-refractivity contribution in [1.29, 1.82) is 0 Å². The predicted molar refractivity (Wildman–Crippen MR) is 137 cm³/mol. The molecule has 2 aromatic rings. The molecule has 1 N–H and O–H groups in total. The van der Waals surface area contributed by atoms with Crippen molar-refractivity contribution in [3.8, 4) is 5.75 Å². The number of anilines is 1. The van der Waals surface area contributed by atoms with E-state index in [9.17, 15) is 9.90 Å².